The summed E-state index contributed by atoms with van der Waals surface area (Å²) < 4.78 is 13.2. The molecule has 0 radical (unpaired) electrons. The van der Waals surface area contributed by atoms with Crippen LogP contribution in [0.3, 0.4) is 0 Å². The lowest BCUT2D eigenvalue weighted by molar-refractivity contribution is 0.113. The SMILES string of the molecule is CN(CC(O)C1CC1)C(=O)NCCc1c[nH]c2cc(F)ccc12. The molecule has 2 aromatic rings. The summed E-state index contributed by atoms with van der Waals surface area (Å²) >= 11 is 0. The number of hydrogen-bond acceptors (Lipinski definition) is 2. The summed E-state index contributed by atoms with van der Waals surface area (Å²) in [6.45, 7) is 0.857. The molecule has 1 saturated carbocycles. The predicted molar refractivity (Wildman–Crippen MR) is 86.7 cm³/mol. The van der Waals surface area contributed by atoms with Crippen LogP contribution in [0.4, 0.5) is 9.18 Å². The Morgan fingerprint density at radius 3 is 3.04 bits per heavy atom. The van der Waals surface area contributed by atoms with Crippen LogP contribution in [0.2, 0.25) is 0 Å². The zero-order valence-corrected chi connectivity index (χ0v) is 13.2. The molecule has 3 N–H and O–H groups in total. The van der Waals surface area contributed by atoms with Crippen LogP contribution < -0.4 is 5.32 Å². The molecular weight excluding hydrogens is 297 g/mol. The Morgan fingerprint density at radius 2 is 2.30 bits per heavy atom. The summed E-state index contributed by atoms with van der Waals surface area (Å²) in [5.41, 5.74) is 1.80. The summed E-state index contributed by atoms with van der Waals surface area (Å²) in [6.07, 6.45) is 4.19. The molecule has 0 aliphatic heterocycles. The molecule has 1 atom stereocenters. The van der Waals surface area contributed by atoms with Gasteiger partial charge in [0, 0.05) is 37.2 Å². The highest BCUT2D eigenvalue weighted by atomic mass is 19.1. The highest BCUT2D eigenvalue weighted by Gasteiger charge is 2.31. The van der Waals surface area contributed by atoms with Crippen LogP contribution in [0.25, 0.3) is 10.9 Å². The van der Waals surface area contributed by atoms with Crippen molar-refractivity contribution in [3.05, 3.63) is 35.8 Å². The number of benzene rings is 1. The number of likely N-dealkylation sites (N-methyl/N-ethyl adjacent to an activating group) is 1. The van der Waals surface area contributed by atoms with Crippen molar-refractivity contribution in [1.29, 1.82) is 0 Å². The third-order valence-corrected chi connectivity index (χ3v) is 4.37. The number of aliphatic hydroxyl groups is 1. The molecule has 3 rings (SSSR count). The van der Waals surface area contributed by atoms with Crippen LogP contribution in [0.5, 0.6) is 0 Å². The first-order chi connectivity index (χ1) is 11.0. The molecule has 0 saturated heterocycles. The lowest BCUT2D eigenvalue weighted by Crippen LogP contribution is -2.42. The Hall–Kier alpha value is -2.08. The largest absolute Gasteiger partial charge is 0.391 e. The van der Waals surface area contributed by atoms with Crippen LogP contribution in [-0.4, -0.2) is 47.3 Å². The van der Waals surface area contributed by atoms with Gasteiger partial charge in [0.05, 0.1) is 6.10 Å². The highest BCUT2D eigenvalue weighted by molar-refractivity contribution is 5.83. The van der Waals surface area contributed by atoms with Crippen LogP contribution in [0, 0.1) is 11.7 Å². The van der Waals surface area contributed by atoms with E-state index in [1.165, 1.54) is 17.0 Å². The maximum atomic E-state index is 13.2. The number of halogens is 1. The first-order valence-corrected chi connectivity index (χ1v) is 7.97. The number of nitrogens with zero attached hydrogens (tertiary/aromatic N) is 1. The summed E-state index contributed by atoms with van der Waals surface area (Å²) in [7, 11) is 1.69. The number of aromatic nitrogens is 1. The zero-order valence-electron chi connectivity index (χ0n) is 13.2. The molecule has 0 spiro atoms. The second-order valence-electron chi connectivity index (χ2n) is 6.27. The van der Waals surface area contributed by atoms with E-state index in [4.69, 9.17) is 0 Å². The number of hydrogen-bond donors (Lipinski definition) is 3. The number of carbonyl (C=O) groups excluding carboxylic acids is 1. The lowest BCUT2D eigenvalue weighted by atomic mass is 10.1. The Labute approximate surface area is 134 Å². The van der Waals surface area contributed by atoms with Crippen LogP contribution in [0.1, 0.15) is 18.4 Å². The number of aliphatic hydroxyl groups excluding tert-OH is 1. The number of H-pyrrole nitrogens is 1. The molecule has 6 heteroatoms. The number of aromatic amines is 1. The normalized spacial score (nSPS) is 15.6. The third-order valence-electron chi connectivity index (χ3n) is 4.37. The summed E-state index contributed by atoms with van der Waals surface area (Å²) in [5.74, 6) is 0.0897. The molecular formula is C17H22FN3O2. The average Bonchev–Trinajstić information content (AvgIpc) is 3.30. The van der Waals surface area contributed by atoms with E-state index >= 15 is 0 Å². The maximum Gasteiger partial charge on any atom is 0.317 e. The van der Waals surface area contributed by atoms with Crippen molar-refractivity contribution in [2.24, 2.45) is 5.92 Å². The van der Waals surface area contributed by atoms with Gasteiger partial charge in [-0.1, -0.05) is 0 Å². The predicted octanol–water partition coefficient (Wildman–Crippen LogP) is 2.26. The van der Waals surface area contributed by atoms with Crippen molar-refractivity contribution < 1.29 is 14.3 Å². The van der Waals surface area contributed by atoms with Crippen LogP contribution in [0.15, 0.2) is 24.4 Å². The van der Waals surface area contributed by atoms with Crippen molar-refractivity contribution in [3.63, 3.8) is 0 Å². The quantitative estimate of drug-likeness (QED) is 0.764. The van der Waals surface area contributed by atoms with Gasteiger partial charge in [-0.3, -0.25) is 0 Å². The molecule has 5 nitrogen and oxygen atoms in total. The minimum Gasteiger partial charge on any atom is -0.391 e. The molecule has 1 aliphatic rings. The topological polar surface area (TPSA) is 68.4 Å². The van der Waals surface area contributed by atoms with Gasteiger partial charge in [-0.2, -0.15) is 0 Å². The number of urea groups is 1. The highest BCUT2D eigenvalue weighted by Crippen LogP contribution is 2.32. The van der Waals surface area contributed by atoms with E-state index in [-0.39, 0.29) is 11.8 Å². The van der Waals surface area contributed by atoms with Gasteiger partial charge in [0.25, 0.3) is 0 Å². The van der Waals surface area contributed by atoms with Gasteiger partial charge in [-0.15, -0.1) is 0 Å². The number of amides is 2. The molecule has 124 valence electrons. The van der Waals surface area contributed by atoms with E-state index in [1.54, 1.807) is 13.1 Å². The first-order valence-electron chi connectivity index (χ1n) is 7.97. The first kappa shape index (κ1) is 15.8. The molecule has 23 heavy (non-hydrogen) atoms. The summed E-state index contributed by atoms with van der Waals surface area (Å²) in [4.78, 5) is 16.6. The molecule has 1 aromatic heterocycles. The molecule has 1 heterocycles. The number of fused-ring (bicyclic) bond motifs is 1. The van der Waals surface area contributed by atoms with Crippen molar-refractivity contribution >= 4 is 16.9 Å². The van der Waals surface area contributed by atoms with Crippen LogP contribution >= 0.6 is 0 Å². The summed E-state index contributed by atoms with van der Waals surface area (Å²) in [6, 6.07) is 4.46. The average molecular weight is 319 g/mol. The minimum atomic E-state index is -0.422. The fourth-order valence-corrected chi connectivity index (χ4v) is 2.80. The fraction of sp³-hybridized carbons (Fsp3) is 0.471. The molecule has 1 aliphatic carbocycles. The van der Waals surface area contributed by atoms with Crippen molar-refractivity contribution in [3.8, 4) is 0 Å². The molecule has 2 amide bonds. The van der Waals surface area contributed by atoms with E-state index in [1.807, 2.05) is 6.20 Å². The number of carbonyl (C=O) groups is 1. The van der Waals surface area contributed by atoms with E-state index in [0.717, 1.165) is 29.3 Å². The molecule has 1 unspecified atom stereocenters. The summed E-state index contributed by atoms with van der Waals surface area (Å²) in [5, 5.41) is 13.7. The molecule has 0 bridgehead atoms. The van der Waals surface area contributed by atoms with Gasteiger partial charge < -0.3 is 20.3 Å². The van der Waals surface area contributed by atoms with Crippen molar-refractivity contribution in [2.75, 3.05) is 20.1 Å². The minimum absolute atomic E-state index is 0.185. The van der Waals surface area contributed by atoms with Gasteiger partial charge in [0.2, 0.25) is 0 Å². The molecule has 1 fully saturated rings. The Kier molecular flexibility index (Phi) is 4.52. The standard InChI is InChI=1S/C17H22FN3O2/c1-21(10-16(22)11-2-3-11)17(23)19-7-6-12-9-20-15-8-13(18)4-5-14(12)15/h4-5,8-9,11,16,20,22H,2-3,6-7,10H2,1H3,(H,19,23). The Bertz CT molecular complexity index is 696. The smallest absolute Gasteiger partial charge is 0.317 e. The Morgan fingerprint density at radius 1 is 1.52 bits per heavy atom. The monoisotopic (exact) mass is 319 g/mol. The van der Waals surface area contributed by atoms with Crippen LogP contribution in [-0.2, 0) is 6.42 Å². The second-order valence-corrected chi connectivity index (χ2v) is 6.27. The Balaban J connectivity index is 1.48. The van der Waals surface area contributed by atoms with E-state index < -0.39 is 6.10 Å². The van der Waals surface area contributed by atoms with E-state index in [0.29, 0.717) is 25.4 Å². The second kappa shape index (κ2) is 6.58. The number of rotatable bonds is 6. The van der Waals surface area contributed by atoms with Crippen molar-refractivity contribution in [2.45, 2.75) is 25.4 Å². The van der Waals surface area contributed by atoms with Crippen molar-refractivity contribution in [1.82, 2.24) is 15.2 Å². The van der Waals surface area contributed by atoms with Gasteiger partial charge in [0.15, 0.2) is 0 Å². The maximum absolute atomic E-state index is 13.2. The van der Waals surface area contributed by atoms with Gasteiger partial charge >= 0.3 is 6.03 Å². The molecule has 1 aromatic carbocycles. The zero-order chi connectivity index (χ0) is 16.4. The van der Waals surface area contributed by atoms with Gasteiger partial charge in [-0.05, 0) is 48.9 Å². The van der Waals surface area contributed by atoms with E-state index in [9.17, 15) is 14.3 Å². The van der Waals surface area contributed by atoms with Gasteiger partial charge in [0.1, 0.15) is 5.82 Å². The lowest BCUT2D eigenvalue weighted by Gasteiger charge is -2.21. The fourth-order valence-electron chi connectivity index (χ4n) is 2.80. The third kappa shape index (κ3) is 3.82. The number of nitrogens with one attached hydrogen (secondary N) is 2. The van der Waals surface area contributed by atoms with E-state index in [2.05, 4.69) is 10.3 Å². The van der Waals surface area contributed by atoms with Gasteiger partial charge in [-0.25, -0.2) is 9.18 Å².